The van der Waals surface area contributed by atoms with E-state index >= 15 is 0 Å². The van der Waals surface area contributed by atoms with Crippen molar-refractivity contribution in [1.82, 2.24) is 4.90 Å². The number of Topliss-reactive ketones (excluding diaryl/α,β-unsaturated/α-hetero) is 2. The van der Waals surface area contributed by atoms with Crippen LogP contribution in [-0.4, -0.2) is 63.8 Å². The number of hydrogen-bond acceptors (Lipinski definition) is 5. The number of ketones is 2. The lowest BCUT2D eigenvalue weighted by Gasteiger charge is -2.27. The molecule has 3 aliphatic rings. The monoisotopic (exact) mass is 544 g/mol. The Balaban J connectivity index is 0.00000245. The van der Waals surface area contributed by atoms with Crippen molar-refractivity contribution in [3.05, 3.63) is 65.2 Å². The molecule has 0 saturated heterocycles. The van der Waals surface area contributed by atoms with Crippen LogP contribution in [0.4, 0.5) is 0 Å². The van der Waals surface area contributed by atoms with Crippen LogP contribution in [0.2, 0.25) is 0 Å². The molecule has 5 rings (SSSR count). The summed E-state index contributed by atoms with van der Waals surface area (Å²) in [7, 11) is 1.52. The Morgan fingerprint density at radius 2 is 1.78 bits per heavy atom. The summed E-state index contributed by atoms with van der Waals surface area (Å²) in [6, 6.07) is 11.6. The van der Waals surface area contributed by atoms with Crippen molar-refractivity contribution in [3.63, 3.8) is 0 Å². The third kappa shape index (κ3) is 3.52. The van der Waals surface area contributed by atoms with Crippen molar-refractivity contribution in [2.45, 2.75) is 37.9 Å². The topological polar surface area (TPSA) is 69.8 Å². The van der Waals surface area contributed by atoms with Gasteiger partial charge in [0.15, 0.2) is 11.5 Å². The predicted octanol–water partition coefficient (Wildman–Crippen LogP) is 0.143. The summed E-state index contributed by atoms with van der Waals surface area (Å²) in [4.78, 5) is 29.1. The van der Waals surface area contributed by atoms with Gasteiger partial charge in [-0.1, -0.05) is 30.3 Å². The lowest BCUT2D eigenvalue weighted by Crippen LogP contribution is -3.00. The lowest BCUT2D eigenvalue weighted by molar-refractivity contribution is -0.538. The number of carbonyl (C=O) groups excluding carboxylic acids is 2. The highest BCUT2D eigenvalue weighted by atomic mass is 127. The molecule has 1 heterocycles. The van der Waals surface area contributed by atoms with Gasteiger partial charge in [-0.2, -0.15) is 0 Å². The zero-order chi connectivity index (χ0) is 21.7. The summed E-state index contributed by atoms with van der Waals surface area (Å²) >= 11 is 0. The van der Waals surface area contributed by atoms with Gasteiger partial charge in [-0.05, 0) is 43.5 Å². The fourth-order valence-electron chi connectivity index (χ4n) is 4.82. The highest BCUT2D eigenvalue weighted by molar-refractivity contribution is 6.20. The zero-order valence-corrected chi connectivity index (χ0v) is 20.2. The van der Waals surface area contributed by atoms with Gasteiger partial charge in [-0.25, -0.2) is 9.48 Å². The Labute approximate surface area is 204 Å². The summed E-state index contributed by atoms with van der Waals surface area (Å²) in [6.45, 7) is 2.65. The van der Waals surface area contributed by atoms with Gasteiger partial charge in [0, 0.05) is 17.2 Å². The van der Waals surface area contributed by atoms with Crippen LogP contribution in [0, 0.1) is 0 Å². The number of amidine groups is 1. The first-order chi connectivity index (χ1) is 15.0. The number of likely N-dealkylation sites (N-methyl/N-ethyl adjacent to an activating group) is 1. The maximum atomic E-state index is 13.5. The largest absolute Gasteiger partial charge is 1.00 e. The molecule has 0 aromatic heterocycles. The quantitative estimate of drug-likeness (QED) is 0.429. The number of benzene rings is 2. The SMILES string of the molecule is CC[N+]1=C(/C=C/c2ccc(O)c(OC)c2)N(C2CC2)C2C(=O)c3ccccc3C(=O)C21.[I-]. The number of fused-ring (bicyclic) bond motifs is 2. The van der Waals surface area contributed by atoms with E-state index in [1.165, 1.54) is 7.11 Å². The van der Waals surface area contributed by atoms with Crippen LogP contribution in [0.15, 0.2) is 48.5 Å². The Hall–Kier alpha value is -2.68. The van der Waals surface area contributed by atoms with Crippen molar-refractivity contribution in [3.8, 4) is 11.5 Å². The first-order valence-corrected chi connectivity index (χ1v) is 10.7. The highest BCUT2D eigenvalue weighted by Gasteiger charge is 2.60. The van der Waals surface area contributed by atoms with Gasteiger partial charge >= 0.3 is 0 Å². The normalized spacial score (nSPS) is 22.1. The van der Waals surface area contributed by atoms with E-state index in [1.807, 2.05) is 31.2 Å². The molecule has 0 amide bonds. The number of ether oxygens (including phenoxy) is 1. The van der Waals surface area contributed by atoms with Gasteiger partial charge in [0.1, 0.15) is 0 Å². The van der Waals surface area contributed by atoms with Crippen LogP contribution < -0.4 is 28.7 Å². The molecule has 2 aliphatic carbocycles. The number of halogens is 1. The van der Waals surface area contributed by atoms with Crippen molar-refractivity contribution in [2.24, 2.45) is 0 Å². The van der Waals surface area contributed by atoms with Crippen LogP contribution >= 0.6 is 0 Å². The number of nitrogens with zero attached hydrogens (tertiary/aromatic N) is 2. The molecule has 166 valence electrons. The summed E-state index contributed by atoms with van der Waals surface area (Å²) in [5.41, 5.74) is 1.92. The molecule has 7 heteroatoms. The number of aromatic hydroxyl groups is 1. The van der Waals surface area contributed by atoms with E-state index in [9.17, 15) is 14.7 Å². The molecular weight excluding hydrogens is 519 g/mol. The lowest BCUT2D eigenvalue weighted by atomic mass is 9.82. The van der Waals surface area contributed by atoms with E-state index in [-0.39, 0.29) is 47.3 Å². The van der Waals surface area contributed by atoms with E-state index in [1.54, 1.807) is 30.3 Å². The molecule has 2 aromatic carbocycles. The molecule has 32 heavy (non-hydrogen) atoms. The molecular formula is C25H25IN2O4. The van der Waals surface area contributed by atoms with Gasteiger partial charge in [-0.15, -0.1) is 0 Å². The Kier molecular flexibility index (Phi) is 6.11. The van der Waals surface area contributed by atoms with Gasteiger partial charge in [0.05, 0.1) is 19.7 Å². The Bertz CT molecular complexity index is 1150. The number of rotatable bonds is 5. The molecule has 1 fully saturated rings. The predicted molar refractivity (Wildman–Crippen MR) is 117 cm³/mol. The molecule has 0 radical (unpaired) electrons. The number of carbonyl (C=O) groups is 2. The number of phenols is 1. The minimum atomic E-state index is -0.498. The molecule has 6 nitrogen and oxygen atoms in total. The first-order valence-electron chi connectivity index (χ1n) is 10.7. The molecule has 2 aromatic rings. The summed E-state index contributed by atoms with van der Waals surface area (Å²) in [5.74, 6) is 1.44. The second-order valence-electron chi connectivity index (χ2n) is 8.21. The minimum absolute atomic E-state index is 0. The van der Waals surface area contributed by atoms with Crippen LogP contribution in [0.25, 0.3) is 6.08 Å². The fraction of sp³-hybridized carbons (Fsp3) is 0.320. The molecule has 0 bridgehead atoms. The molecule has 1 N–H and O–H groups in total. The highest BCUT2D eigenvalue weighted by Crippen LogP contribution is 2.39. The number of methoxy groups -OCH3 is 1. The van der Waals surface area contributed by atoms with Gasteiger partial charge < -0.3 is 33.8 Å². The van der Waals surface area contributed by atoms with Crippen LogP contribution in [0.3, 0.4) is 0 Å². The first kappa shape index (κ1) is 22.5. The van der Waals surface area contributed by atoms with E-state index in [2.05, 4.69) is 9.48 Å². The van der Waals surface area contributed by atoms with E-state index in [0.29, 0.717) is 23.4 Å². The zero-order valence-electron chi connectivity index (χ0n) is 18.0. The number of phenolic OH excluding ortho intramolecular Hbond substituents is 1. The molecule has 1 saturated carbocycles. The van der Waals surface area contributed by atoms with Gasteiger partial charge in [0.2, 0.25) is 23.7 Å². The van der Waals surface area contributed by atoms with Crippen molar-refractivity contribution >= 4 is 23.5 Å². The smallest absolute Gasteiger partial charge is 0.273 e. The third-order valence-electron chi connectivity index (χ3n) is 6.40. The van der Waals surface area contributed by atoms with Gasteiger partial charge in [-0.3, -0.25) is 9.59 Å². The van der Waals surface area contributed by atoms with Crippen molar-refractivity contribution < 1.29 is 48.0 Å². The molecule has 1 aliphatic heterocycles. The second kappa shape index (κ2) is 8.69. The molecule has 0 spiro atoms. The van der Waals surface area contributed by atoms with Crippen molar-refractivity contribution in [2.75, 3.05) is 13.7 Å². The second-order valence-corrected chi connectivity index (χ2v) is 8.21. The summed E-state index contributed by atoms with van der Waals surface area (Å²) < 4.78 is 7.27. The maximum Gasteiger partial charge on any atom is 0.273 e. The summed E-state index contributed by atoms with van der Waals surface area (Å²) in [5, 5.41) is 9.86. The average molecular weight is 544 g/mol. The van der Waals surface area contributed by atoms with Gasteiger partial charge in [0.25, 0.3) is 5.84 Å². The summed E-state index contributed by atoms with van der Waals surface area (Å²) in [6.07, 6.45) is 5.97. The Morgan fingerprint density at radius 3 is 2.41 bits per heavy atom. The maximum absolute atomic E-state index is 13.5. The van der Waals surface area contributed by atoms with Crippen LogP contribution in [0.1, 0.15) is 46.0 Å². The fourth-order valence-corrected chi connectivity index (χ4v) is 4.82. The van der Waals surface area contributed by atoms with Crippen LogP contribution in [-0.2, 0) is 0 Å². The van der Waals surface area contributed by atoms with E-state index in [0.717, 1.165) is 24.2 Å². The van der Waals surface area contributed by atoms with Crippen molar-refractivity contribution in [1.29, 1.82) is 0 Å². The average Bonchev–Trinajstić information content (AvgIpc) is 3.57. The standard InChI is InChI=1S/C25H24N2O4.HI/c1-3-26-21(13-9-15-8-12-19(28)20(14-15)31-2)27(16-10-11-16)23-22(26)24(29)17-6-4-5-7-18(17)25(23)30;/h4-9,12-14,16,22-23H,3,10-11H2,1-2H3;1H. The number of hydrogen-bond donors (Lipinski definition) is 1. The minimum Gasteiger partial charge on any atom is -1.00 e. The molecule has 2 unspecified atom stereocenters. The van der Waals surface area contributed by atoms with Crippen LogP contribution in [0.5, 0.6) is 11.5 Å². The van der Waals surface area contributed by atoms with E-state index < -0.39 is 12.1 Å². The third-order valence-corrected chi connectivity index (χ3v) is 6.40. The Morgan fingerprint density at radius 1 is 1.09 bits per heavy atom. The molecule has 2 atom stereocenters. The van der Waals surface area contributed by atoms with E-state index in [4.69, 9.17) is 4.74 Å².